The molecular weight excluding hydrogens is 392 g/mol. The number of nitrogens with one attached hydrogen (secondary N) is 2. The van der Waals surface area contributed by atoms with Crippen LogP contribution in [0, 0.1) is 17.0 Å². The largest absolute Gasteiger partial charge is 0.354 e. The SMILES string of the molecule is Cc1ccccc1Nc1ccc([N+](=O)[O-])cc1S(=O)(=O)N1CCNCC1.Cl. The van der Waals surface area contributed by atoms with E-state index in [0.717, 1.165) is 17.3 Å². The Morgan fingerprint density at radius 3 is 2.41 bits per heavy atom. The molecule has 8 nitrogen and oxygen atoms in total. The summed E-state index contributed by atoms with van der Waals surface area (Å²) >= 11 is 0. The fourth-order valence-electron chi connectivity index (χ4n) is 2.82. The van der Waals surface area contributed by atoms with Crippen molar-refractivity contribution in [3.05, 3.63) is 58.1 Å². The highest BCUT2D eigenvalue weighted by atomic mass is 35.5. The molecular formula is C17H21ClN4O4S. The Morgan fingerprint density at radius 1 is 1.11 bits per heavy atom. The maximum atomic E-state index is 13.1. The van der Waals surface area contributed by atoms with Gasteiger partial charge in [0.15, 0.2) is 0 Å². The van der Waals surface area contributed by atoms with E-state index in [1.165, 1.54) is 16.4 Å². The standard InChI is InChI=1S/C17H20N4O4S.ClH/c1-13-4-2-3-5-15(13)19-16-7-6-14(21(22)23)12-17(16)26(24,25)20-10-8-18-9-11-20;/h2-7,12,18-19H,8-11H2,1H3;1H. The van der Waals surface area contributed by atoms with Crippen molar-refractivity contribution in [2.45, 2.75) is 11.8 Å². The summed E-state index contributed by atoms with van der Waals surface area (Å²) in [7, 11) is -3.86. The van der Waals surface area contributed by atoms with Gasteiger partial charge in [-0.05, 0) is 24.6 Å². The molecule has 1 aliphatic rings. The van der Waals surface area contributed by atoms with Crippen molar-refractivity contribution in [1.29, 1.82) is 0 Å². The molecule has 1 fully saturated rings. The van der Waals surface area contributed by atoms with Crippen LogP contribution in [0.4, 0.5) is 17.1 Å². The molecule has 3 rings (SSSR count). The first-order valence-corrected chi connectivity index (χ1v) is 9.65. The first-order valence-electron chi connectivity index (χ1n) is 8.21. The van der Waals surface area contributed by atoms with Gasteiger partial charge in [-0.15, -0.1) is 12.4 Å². The third kappa shape index (κ3) is 4.56. The van der Waals surface area contributed by atoms with Gasteiger partial charge in [0.1, 0.15) is 4.90 Å². The van der Waals surface area contributed by atoms with Gasteiger partial charge in [-0.1, -0.05) is 18.2 Å². The number of nitrogens with zero attached hydrogens (tertiary/aromatic N) is 2. The molecule has 10 heteroatoms. The number of nitro benzene ring substituents is 1. The normalized spacial score (nSPS) is 15.0. The van der Waals surface area contributed by atoms with E-state index in [9.17, 15) is 18.5 Å². The van der Waals surface area contributed by atoms with Crippen LogP contribution in [0.15, 0.2) is 47.4 Å². The van der Waals surface area contributed by atoms with Crippen LogP contribution in [0.3, 0.4) is 0 Å². The Morgan fingerprint density at radius 2 is 1.78 bits per heavy atom. The molecule has 0 amide bonds. The maximum absolute atomic E-state index is 13.1. The Balaban J connectivity index is 0.00000261. The lowest BCUT2D eigenvalue weighted by Gasteiger charge is -2.27. The van der Waals surface area contributed by atoms with Gasteiger partial charge in [-0.3, -0.25) is 10.1 Å². The number of piperazine rings is 1. The second-order valence-corrected chi connectivity index (χ2v) is 7.94. The molecule has 0 aliphatic carbocycles. The first kappa shape index (κ1) is 21.1. The molecule has 0 atom stereocenters. The average Bonchev–Trinajstić information content (AvgIpc) is 2.64. The molecule has 0 bridgehead atoms. The van der Waals surface area contributed by atoms with Crippen LogP contribution in [0.2, 0.25) is 0 Å². The summed E-state index contributed by atoms with van der Waals surface area (Å²) in [6.07, 6.45) is 0. The van der Waals surface area contributed by atoms with Crippen molar-refractivity contribution in [3.63, 3.8) is 0 Å². The monoisotopic (exact) mass is 412 g/mol. The van der Waals surface area contributed by atoms with Crippen molar-refractivity contribution in [2.75, 3.05) is 31.5 Å². The van der Waals surface area contributed by atoms with Gasteiger partial charge in [0.2, 0.25) is 10.0 Å². The van der Waals surface area contributed by atoms with Gasteiger partial charge < -0.3 is 10.6 Å². The van der Waals surface area contributed by atoms with Crippen molar-refractivity contribution < 1.29 is 13.3 Å². The van der Waals surface area contributed by atoms with Crippen LogP contribution in [0.1, 0.15) is 5.56 Å². The number of hydrogen-bond donors (Lipinski definition) is 2. The predicted octanol–water partition coefficient (Wildman–Crippen LogP) is 2.66. The molecule has 0 saturated carbocycles. The Bertz CT molecular complexity index is 930. The van der Waals surface area contributed by atoms with E-state index >= 15 is 0 Å². The summed E-state index contributed by atoms with van der Waals surface area (Å²) in [6, 6.07) is 11.3. The Kier molecular flexibility index (Phi) is 6.77. The van der Waals surface area contributed by atoms with Gasteiger partial charge in [0.05, 0.1) is 10.6 Å². The van der Waals surface area contributed by atoms with Gasteiger partial charge in [-0.25, -0.2) is 8.42 Å². The zero-order valence-electron chi connectivity index (χ0n) is 14.7. The highest BCUT2D eigenvalue weighted by molar-refractivity contribution is 7.89. The van der Waals surface area contributed by atoms with E-state index < -0.39 is 14.9 Å². The predicted molar refractivity (Wildman–Crippen MR) is 106 cm³/mol. The van der Waals surface area contributed by atoms with E-state index in [2.05, 4.69) is 10.6 Å². The van der Waals surface area contributed by atoms with Gasteiger partial charge in [-0.2, -0.15) is 4.31 Å². The lowest BCUT2D eigenvalue weighted by atomic mass is 10.2. The molecule has 0 spiro atoms. The van der Waals surface area contributed by atoms with E-state index in [4.69, 9.17) is 0 Å². The number of nitro groups is 1. The number of aryl methyl sites for hydroxylation is 1. The quantitative estimate of drug-likeness (QED) is 0.577. The molecule has 2 aromatic rings. The van der Waals surface area contributed by atoms with Crippen molar-refractivity contribution >= 4 is 39.5 Å². The summed E-state index contributed by atoms with van der Waals surface area (Å²) in [5, 5.41) is 17.4. The molecule has 146 valence electrons. The average molecular weight is 413 g/mol. The molecule has 2 aromatic carbocycles. The molecule has 0 unspecified atom stereocenters. The third-order valence-corrected chi connectivity index (χ3v) is 6.22. The van der Waals surface area contributed by atoms with Gasteiger partial charge in [0, 0.05) is 44.0 Å². The molecule has 2 N–H and O–H groups in total. The molecule has 0 radical (unpaired) electrons. The lowest BCUT2D eigenvalue weighted by Crippen LogP contribution is -2.46. The number of non-ortho nitro benzene ring substituents is 1. The Labute approximate surface area is 164 Å². The molecule has 1 heterocycles. The van der Waals surface area contributed by atoms with Crippen LogP contribution in [-0.2, 0) is 10.0 Å². The Hall–Kier alpha value is -2.20. The minimum Gasteiger partial charge on any atom is -0.354 e. The summed E-state index contributed by atoms with van der Waals surface area (Å²) in [4.78, 5) is 10.5. The highest BCUT2D eigenvalue weighted by Gasteiger charge is 2.30. The lowest BCUT2D eigenvalue weighted by molar-refractivity contribution is -0.385. The van der Waals surface area contributed by atoms with Gasteiger partial charge >= 0.3 is 0 Å². The smallest absolute Gasteiger partial charge is 0.270 e. The number of halogens is 1. The second kappa shape index (κ2) is 8.66. The zero-order chi connectivity index (χ0) is 18.7. The van der Waals surface area contributed by atoms with Crippen LogP contribution in [0.25, 0.3) is 0 Å². The van der Waals surface area contributed by atoms with E-state index in [-0.39, 0.29) is 23.0 Å². The van der Waals surface area contributed by atoms with E-state index in [0.29, 0.717) is 31.9 Å². The summed E-state index contributed by atoms with van der Waals surface area (Å²) in [6.45, 7) is 3.66. The molecule has 1 saturated heterocycles. The second-order valence-electron chi connectivity index (χ2n) is 6.03. The number of anilines is 2. The molecule has 0 aromatic heterocycles. The number of benzene rings is 2. The maximum Gasteiger partial charge on any atom is 0.270 e. The third-order valence-electron chi connectivity index (χ3n) is 4.28. The van der Waals surface area contributed by atoms with Crippen molar-refractivity contribution in [2.24, 2.45) is 0 Å². The number of hydrogen-bond acceptors (Lipinski definition) is 6. The summed E-state index contributed by atoms with van der Waals surface area (Å²) in [5.41, 5.74) is 1.76. The minimum atomic E-state index is -3.86. The van der Waals surface area contributed by atoms with E-state index in [1.54, 1.807) is 0 Å². The summed E-state index contributed by atoms with van der Waals surface area (Å²) < 4.78 is 27.5. The zero-order valence-corrected chi connectivity index (χ0v) is 16.3. The van der Waals surface area contributed by atoms with Crippen LogP contribution < -0.4 is 10.6 Å². The fraction of sp³-hybridized carbons (Fsp3) is 0.294. The van der Waals surface area contributed by atoms with Crippen LogP contribution >= 0.6 is 12.4 Å². The molecule has 27 heavy (non-hydrogen) atoms. The number of sulfonamides is 1. The minimum absolute atomic E-state index is 0. The molecule has 1 aliphatic heterocycles. The van der Waals surface area contributed by atoms with Crippen molar-refractivity contribution in [1.82, 2.24) is 9.62 Å². The van der Waals surface area contributed by atoms with Crippen LogP contribution in [-0.4, -0.2) is 43.8 Å². The topological polar surface area (TPSA) is 105 Å². The summed E-state index contributed by atoms with van der Waals surface area (Å²) in [5.74, 6) is 0. The first-order chi connectivity index (χ1) is 12.4. The highest BCUT2D eigenvalue weighted by Crippen LogP contribution is 2.32. The number of para-hydroxylation sites is 1. The fourth-order valence-corrected chi connectivity index (χ4v) is 4.43. The van der Waals surface area contributed by atoms with Crippen molar-refractivity contribution in [3.8, 4) is 0 Å². The van der Waals surface area contributed by atoms with Crippen LogP contribution in [0.5, 0.6) is 0 Å². The van der Waals surface area contributed by atoms with E-state index in [1.807, 2.05) is 31.2 Å². The van der Waals surface area contributed by atoms with Gasteiger partial charge in [0.25, 0.3) is 5.69 Å². The number of rotatable bonds is 5.